The maximum Gasteiger partial charge on any atom is 0.158 e. The highest BCUT2D eigenvalue weighted by atomic mass is 35.5. The van der Waals surface area contributed by atoms with E-state index in [1.807, 2.05) is 0 Å². The molecule has 0 aliphatic rings. The van der Waals surface area contributed by atoms with Crippen molar-refractivity contribution < 1.29 is 13.6 Å². The minimum absolute atomic E-state index is 0.00620. The van der Waals surface area contributed by atoms with E-state index >= 15 is 0 Å². The standard InChI is InChI=1S/C11H14ClNO3S/c1-3-17(15,16)8(2)11(13-14)9-5-4-6-10(12)7-9/h4-8,14H,3H2,1-2H3/b13-11+/t8-/m1/s1. The van der Waals surface area contributed by atoms with Gasteiger partial charge in [0.2, 0.25) is 0 Å². The Morgan fingerprint density at radius 2 is 2.18 bits per heavy atom. The normalized spacial score (nSPS) is 14.6. The van der Waals surface area contributed by atoms with Gasteiger partial charge < -0.3 is 5.21 Å². The minimum Gasteiger partial charge on any atom is -0.411 e. The van der Waals surface area contributed by atoms with Crippen molar-refractivity contribution in [3.8, 4) is 0 Å². The van der Waals surface area contributed by atoms with E-state index in [9.17, 15) is 8.42 Å². The fourth-order valence-electron chi connectivity index (χ4n) is 1.44. The molecule has 1 rings (SSSR count). The summed E-state index contributed by atoms with van der Waals surface area (Å²) in [5.41, 5.74) is 0.610. The number of halogens is 1. The van der Waals surface area contributed by atoms with Gasteiger partial charge >= 0.3 is 0 Å². The number of rotatable bonds is 4. The highest BCUT2D eigenvalue weighted by molar-refractivity contribution is 7.92. The van der Waals surface area contributed by atoms with Crippen LogP contribution in [0, 0.1) is 0 Å². The molecule has 1 aromatic carbocycles. The lowest BCUT2D eigenvalue weighted by Crippen LogP contribution is -2.29. The first kappa shape index (κ1) is 14.0. The van der Waals surface area contributed by atoms with Gasteiger partial charge in [0.05, 0.1) is 0 Å². The summed E-state index contributed by atoms with van der Waals surface area (Å²) in [6, 6.07) is 6.56. The van der Waals surface area contributed by atoms with Crippen LogP contribution in [0.15, 0.2) is 29.4 Å². The lowest BCUT2D eigenvalue weighted by Gasteiger charge is -2.13. The van der Waals surface area contributed by atoms with Crippen LogP contribution in [0.4, 0.5) is 0 Å². The molecule has 0 aliphatic carbocycles. The van der Waals surface area contributed by atoms with Gasteiger partial charge in [0.1, 0.15) is 11.0 Å². The minimum atomic E-state index is -3.30. The van der Waals surface area contributed by atoms with E-state index < -0.39 is 15.1 Å². The van der Waals surface area contributed by atoms with Crippen molar-refractivity contribution >= 4 is 27.1 Å². The van der Waals surface area contributed by atoms with Crippen LogP contribution in [-0.4, -0.2) is 30.3 Å². The molecule has 1 aromatic rings. The molecule has 4 nitrogen and oxygen atoms in total. The largest absolute Gasteiger partial charge is 0.411 e. The summed E-state index contributed by atoms with van der Waals surface area (Å²) in [7, 11) is -3.30. The summed E-state index contributed by atoms with van der Waals surface area (Å²) < 4.78 is 23.5. The average Bonchev–Trinajstić information content (AvgIpc) is 2.30. The Balaban J connectivity index is 3.19. The fourth-order valence-corrected chi connectivity index (χ4v) is 2.66. The maximum atomic E-state index is 11.7. The highest BCUT2D eigenvalue weighted by Crippen LogP contribution is 2.16. The third-order valence-electron chi connectivity index (χ3n) is 2.55. The summed E-state index contributed by atoms with van der Waals surface area (Å²) in [4.78, 5) is 0. The van der Waals surface area contributed by atoms with E-state index in [4.69, 9.17) is 16.8 Å². The molecule has 0 bridgehead atoms. The van der Waals surface area contributed by atoms with E-state index in [2.05, 4.69) is 5.16 Å². The van der Waals surface area contributed by atoms with Gasteiger partial charge in [-0.05, 0) is 19.1 Å². The van der Waals surface area contributed by atoms with Crippen LogP contribution in [0.5, 0.6) is 0 Å². The van der Waals surface area contributed by atoms with Gasteiger partial charge in [0.25, 0.3) is 0 Å². The van der Waals surface area contributed by atoms with Gasteiger partial charge in [-0.3, -0.25) is 0 Å². The van der Waals surface area contributed by atoms with Crippen molar-refractivity contribution in [3.63, 3.8) is 0 Å². The van der Waals surface area contributed by atoms with Crippen LogP contribution in [0.1, 0.15) is 19.4 Å². The van der Waals surface area contributed by atoms with Crippen LogP contribution in [0.3, 0.4) is 0 Å². The van der Waals surface area contributed by atoms with Gasteiger partial charge in [-0.2, -0.15) is 0 Å². The zero-order chi connectivity index (χ0) is 13.1. The van der Waals surface area contributed by atoms with Crippen molar-refractivity contribution in [2.24, 2.45) is 5.16 Å². The van der Waals surface area contributed by atoms with Crippen molar-refractivity contribution in [3.05, 3.63) is 34.9 Å². The molecule has 6 heteroatoms. The third kappa shape index (κ3) is 3.20. The molecule has 0 saturated carbocycles. The van der Waals surface area contributed by atoms with E-state index in [-0.39, 0.29) is 11.5 Å². The first-order chi connectivity index (χ1) is 7.92. The van der Waals surface area contributed by atoms with E-state index in [0.29, 0.717) is 10.6 Å². The summed E-state index contributed by atoms with van der Waals surface area (Å²) in [5.74, 6) is -0.00620. The molecule has 1 atom stereocenters. The lowest BCUT2D eigenvalue weighted by molar-refractivity contribution is 0.318. The summed E-state index contributed by atoms with van der Waals surface area (Å²) in [5, 5.41) is 11.7. The fraction of sp³-hybridized carbons (Fsp3) is 0.364. The van der Waals surface area contributed by atoms with Crippen molar-refractivity contribution in [1.82, 2.24) is 0 Å². The zero-order valence-electron chi connectivity index (χ0n) is 9.59. The molecule has 0 radical (unpaired) electrons. The molecule has 17 heavy (non-hydrogen) atoms. The van der Waals surface area contributed by atoms with Crippen molar-refractivity contribution in [2.75, 3.05) is 5.75 Å². The van der Waals surface area contributed by atoms with Crippen LogP contribution in [0.2, 0.25) is 5.02 Å². The van der Waals surface area contributed by atoms with Crippen LogP contribution >= 0.6 is 11.6 Å². The van der Waals surface area contributed by atoms with Gasteiger partial charge in [0, 0.05) is 16.3 Å². The summed E-state index contributed by atoms with van der Waals surface area (Å²) in [6.07, 6.45) is 0. The van der Waals surface area contributed by atoms with E-state index in [1.54, 1.807) is 31.2 Å². The quantitative estimate of drug-likeness (QED) is 0.521. The second-order valence-electron chi connectivity index (χ2n) is 3.59. The Morgan fingerprint density at radius 1 is 1.53 bits per heavy atom. The Bertz CT molecular complexity index is 525. The SMILES string of the molecule is CCS(=O)(=O)[C@H](C)/C(=N\O)c1cccc(Cl)c1. The molecule has 0 amide bonds. The molecule has 0 unspecified atom stereocenters. The number of hydrogen-bond donors (Lipinski definition) is 1. The second kappa shape index (κ2) is 5.51. The lowest BCUT2D eigenvalue weighted by atomic mass is 10.1. The third-order valence-corrected chi connectivity index (χ3v) is 4.89. The predicted molar refractivity (Wildman–Crippen MR) is 68.7 cm³/mol. The Kier molecular flexibility index (Phi) is 4.54. The molecule has 94 valence electrons. The number of oxime groups is 1. The monoisotopic (exact) mass is 275 g/mol. The molecule has 0 aromatic heterocycles. The zero-order valence-corrected chi connectivity index (χ0v) is 11.2. The van der Waals surface area contributed by atoms with E-state index in [1.165, 1.54) is 6.92 Å². The van der Waals surface area contributed by atoms with Crippen molar-refractivity contribution in [2.45, 2.75) is 19.1 Å². The van der Waals surface area contributed by atoms with Crippen molar-refractivity contribution in [1.29, 1.82) is 0 Å². The van der Waals surface area contributed by atoms with Gasteiger partial charge in [-0.25, -0.2) is 8.42 Å². The number of nitrogens with zero attached hydrogens (tertiary/aromatic N) is 1. The van der Waals surface area contributed by atoms with Gasteiger partial charge in [-0.1, -0.05) is 35.8 Å². The van der Waals surface area contributed by atoms with E-state index in [0.717, 1.165) is 0 Å². The number of hydrogen-bond acceptors (Lipinski definition) is 4. The molecule has 0 fully saturated rings. The van der Waals surface area contributed by atoms with Crippen LogP contribution < -0.4 is 0 Å². The molecular weight excluding hydrogens is 262 g/mol. The summed E-state index contributed by atoms with van der Waals surface area (Å²) >= 11 is 5.81. The smallest absolute Gasteiger partial charge is 0.158 e. The first-order valence-corrected chi connectivity index (χ1v) is 7.21. The Labute approximate surface area is 106 Å². The predicted octanol–water partition coefficient (Wildman–Crippen LogP) is 2.34. The summed E-state index contributed by atoms with van der Waals surface area (Å²) in [6.45, 7) is 3.05. The molecule has 1 N–H and O–H groups in total. The van der Waals surface area contributed by atoms with Crippen LogP contribution in [-0.2, 0) is 9.84 Å². The molecular formula is C11H14ClNO3S. The molecule has 0 spiro atoms. The Morgan fingerprint density at radius 3 is 2.65 bits per heavy atom. The Hall–Kier alpha value is -1.07. The van der Waals surface area contributed by atoms with Gasteiger partial charge in [-0.15, -0.1) is 0 Å². The number of sulfone groups is 1. The molecule has 0 saturated heterocycles. The topological polar surface area (TPSA) is 66.7 Å². The second-order valence-corrected chi connectivity index (χ2v) is 6.64. The highest BCUT2D eigenvalue weighted by Gasteiger charge is 2.26. The van der Waals surface area contributed by atoms with Crippen LogP contribution in [0.25, 0.3) is 0 Å². The molecule has 0 heterocycles. The molecule has 0 aliphatic heterocycles. The maximum absolute atomic E-state index is 11.7. The number of benzene rings is 1. The average molecular weight is 276 g/mol. The first-order valence-electron chi connectivity index (χ1n) is 5.11. The van der Waals surface area contributed by atoms with Gasteiger partial charge in [0.15, 0.2) is 9.84 Å².